The molecule has 22 heavy (non-hydrogen) atoms. The number of hydrogen-bond acceptors (Lipinski definition) is 4. The Kier molecular flexibility index (Phi) is 5.11. The van der Waals surface area contributed by atoms with Crippen LogP contribution in [0.2, 0.25) is 0 Å². The number of nitrogens with zero attached hydrogens (tertiary/aromatic N) is 1. The number of nitrogens with one attached hydrogen (secondary N) is 2. The summed E-state index contributed by atoms with van der Waals surface area (Å²) in [6.45, 7) is 1.84. The summed E-state index contributed by atoms with van der Waals surface area (Å²) in [5.41, 5.74) is 2.08. The highest BCUT2D eigenvalue weighted by molar-refractivity contribution is 9.10. The lowest BCUT2D eigenvalue weighted by Crippen LogP contribution is -2.22. The van der Waals surface area contributed by atoms with Gasteiger partial charge in [0.1, 0.15) is 0 Å². The summed E-state index contributed by atoms with van der Waals surface area (Å²) in [5.74, 6) is -0.228. The molecule has 0 aliphatic rings. The lowest BCUT2D eigenvalue weighted by atomic mass is 10.2. The minimum Gasteiger partial charge on any atom is -0.376 e. The zero-order valence-corrected chi connectivity index (χ0v) is 13.4. The van der Waals surface area contributed by atoms with Crippen LogP contribution in [0, 0.1) is 17.0 Å². The fourth-order valence-corrected chi connectivity index (χ4v) is 2.09. The molecule has 1 amide bonds. The van der Waals surface area contributed by atoms with Crippen molar-refractivity contribution < 1.29 is 9.72 Å². The van der Waals surface area contributed by atoms with E-state index in [0.717, 1.165) is 10.0 Å². The minimum atomic E-state index is -0.466. The number of benzene rings is 2. The van der Waals surface area contributed by atoms with E-state index >= 15 is 0 Å². The maximum atomic E-state index is 11.9. The fourth-order valence-electron chi connectivity index (χ4n) is 1.83. The first-order valence-corrected chi connectivity index (χ1v) is 7.29. The maximum Gasteiger partial charge on any atom is 0.271 e. The van der Waals surface area contributed by atoms with E-state index in [4.69, 9.17) is 0 Å². The van der Waals surface area contributed by atoms with E-state index in [1.807, 2.05) is 19.1 Å². The third kappa shape index (κ3) is 4.29. The summed E-state index contributed by atoms with van der Waals surface area (Å²) in [5, 5.41) is 16.4. The lowest BCUT2D eigenvalue weighted by molar-refractivity contribution is -0.384. The summed E-state index contributed by atoms with van der Waals surface area (Å²) in [6, 6.07) is 11.7. The largest absolute Gasteiger partial charge is 0.376 e. The number of anilines is 2. The zero-order valence-electron chi connectivity index (χ0n) is 11.8. The second kappa shape index (κ2) is 7.04. The van der Waals surface area contributed by atoms with Gasteiger partial charge in [0, 0.05) is 28.0 Å². The number of non-ortho nitro benzene ring substituents is 1. The topological polar surface area (TPSA) is 84.3 Å². The van der Waals surface area contributed by atoms with Crippen LogP contribution in [-0.4, -0.2) is 17.4 Å². The molecule has 0 heterocycles. The van der Waals surface area contributed by atoms with E-state index in [-0.39, 0.29) is 18.1 Å². The molecule has 2 aromatic rings. The highest BCUT2D eigenvalue weighted by atomic mass is 79.9. The average molecular weight is 364 g/mol. The van der Waals surface area contributed by atoms with Crippen LogP contribution in [-0.2, 0) is 4.79 Å². The normalized spacial score (nSPS) is 10.1. The Hall–Kier alpha value is -2.41. The van der Waals surface area contributed by atoms with Gasteiger partial charge in [-0.15, -0.1) is 0 Å². The van der Waals surface area contributed by atoms with Crippen LogP contribution in [0.1, 0.15) is 5.56 Å². The van der Waals surface area contributed by atoms with Crippen LogP contribution < -0.4 is 10.6 Å². The summed E-state index contributed by atoms with van der Waals surface area (Å²) in [7, 11) is 0. The van der Waals surface area contributed by atoms with Gasteiger partial charge in [0.05, 0.1) is 11.5 Å². The quantitative estimate of drug-likeness (QED) is 0.626. The van der Waals surface area contributed by atoms with E-state index in [1.54, 1.807) is 18.2 Å². The van der Waals surface area contributed by atoms with Crippen molar-refractivity contribution in [2.75, 3.05) is 17.2 Å². The van der Waals surface area contributed by atoms with E-state index in [9.17, 15) is 14.9 Å². The minimum absolute atomic E-state index is 0.0126. The summed E-state index contributed by atoms with van der Waals surface area (Å²) in [6.07, 6.45) is 0. The highest BCUT2D eigenvalue weighted by Crippen LogP contribution is 2.21. The molecule has 0 aliphatic carbocycles. The second-order valence-corrected chi connectivity index (χ2v) is 5.58. The number of hydrogen-bond donors (Lipinski definition) is 2. The number of nitro groups is 1. The molecule has 2 rings (SSSR count). The third-order valence-electron chi connectivity index (χ3n) is 3.00. The van der Waals surface area contributed by atoms with Crippen LogP contribution >= 0.6 is 15.9 Å². The Morgan fingerprint density at radius 3 is 2.55 bits per heavy atom. The molecule has 6 nitrogen and oxygen atoms in total. The van der Waals surface area contributed by atoms with Crippen molar-refractivity contribution in [1.29, 1.82) is 0 Å². The Morgan fingerprint density at radius 2 is 1.91 bits per heavy atom. The number of halogens is 1. The molecule has 0 aliphatic heterocycles. The van der Waals surface area contributed by atoms with Crippen molar-refractivity contribution in [3.63, 3.8) is 0 Å². The van der Waals surface area contributed by atoms with E-state index in [0.29, 0.717) is 11.4 Å². The Labute approximate surface area is 135 Å². The molecule has 0 unspecified atom stereocenters. The van der Waals surface area contributed by atoms with Gasteiger partial charge in [-0.2, -0.15) is 0 Å². The van der Waals surface area contributed by atoms with Crippen LogP contribution in [0.25, 0.3) is 0 Å². The van der Waals surface area contributed by atoms with E-state index in [1.165, 1.54) is 12.1 Å². The van der Waals surface area contributed by atoms with E-state index < -0.39 is 4.92 Å². The monoisotopic (exact) mass is 363 g/mol. The molecule has 0 atom stereocenters. The molecule has 0 bridgehead atoms. The van der Waals surface area contributed by atoms with Gasteiger partial charge in [-0.25, -0.2) is 0 Å². The number of rotatable bonds is 5. The van der Waals surface area contributed by atoms with Crippen molar-refractivity contribution in [3.8, 4) is 0 Å². The van der Waals surface area contributed by atoms with Gasteiger partial charge in [-0.05, 0) is 36.8 Å². The molecule has 0 spiro atoms. The van der Waals surface area contributed by atoms with Crippen LogP contribution in [0.3, 0.4) is 0 Å². The zero-order chi connectivity index (χ0) is 16.1. The third-order valence-corrected chi connectivity index (χ3v) is 3.53. The number of nitro benzene ring substituents is 1. The van der Waals surface area contributed by atoms with E-state index in [2.05, 4.69) is 26.6 Å². The predicted octanol–water partition coefficient (Wildman–Crippen LogP) is 3.72. The Morgan fingerprint density at radius 1 is 1.23 bits per heavy atom. The Bertz CT molecular complexity index is 702. The van der Waals surface area contributed by atoms with Gasteiger partial charge < -0.3 is 10.6 Å². The molecule has 0 fully saturated rings. The number of carbonyl (C=O) groups is 1. The van der Waals surface area contributed by atoms with Crippen molar-refractivity contribution in [1.82, 2.24) is 0 Å². The van der Waals surface area contributed by atoms with Gasteiger partial charge in [0.15, 0.2) is 0 Å². The first kappa shape index (κ1) is 16.0. The summed E-state index contributed by atoms with van der Waals surface area (Å²) < 4.78 is 0.927. The van der Waals surface area contributed by atoms with Crippen LogP contribution in [0.4, 0.5) is 17.1 Å². The second-order valence-electron chi connectivity index (χ2n) is 4.66. The highest BCUT2D eigenvalue weighted by Gasteiger charge is 2.09. The predicted molar refractivity (Wildman–Crippen MR) is 89.1 cm³/mol. The molecule has 2 aromatic carbocycles. The van der Waals surface area contributed by atoms with Crippen molar-refractivity contribution >= 4 is 38.9 Å². The molecule has 0 saturated carbocycles. The number of aryl methyl sites for hydroxylation is 1. The standard InChI is InChI=1S/C15H14BrN3O3/c1-10-2-7-13(19(21)22)8-14(10)17-9-15(20)18-12-5-3-11(16)4-6-12/h2-8,17H,9H2,1H3,(H,18,20). The smallest absolute Gasteiger partial charge is 0.271 e. The van der Waals surface area contributed by atoms with Crippen LogP contribution in [0.15, 0.2) is 46.9 Å². The van der Waals surface area contributed by atoms with Gasteiger partial charge in [0.25, 0.3) is 5.69 Å². The molecular formula is C15H14BrN3O3. The molecule has 0 saturated heterocycles. The van der Waals surface area contributed by atoms with Gasteiger partial charge in [-0.1, -0.05) is 22.0 Å². The van der Waals surface area contributed by atoms with Gasteiger partial charge >= 0.3 is 0 Å². The van der Waals surface area contributed by atoms with Crippen LogP contribution in [0.5, 0.6) is 0 Å². The first-order valence-electron chi connectivity index (χ1n) is 6.50. The SMILES string of the molecule is Cc1ccc([N+](=O)[O-])cc1NCC(=O)Nc1ccc(Br)cc1. The molecule has 2 N–H and O–H groups in total. The van der Waals surface area contributed by atoms with Gasteiger partial charge in [-0.3, -0.25) is 14.9 Å². The summed E-state index contributed by atoms with van der Waals surface area (Å²) in [4.78, 5) is 22.2. The number of carbonyl (C=O) groups excluding carboxylic acids is 1. The average Bonchev–Trinajstić information content (AvgIpc) is 2.48. The molecule has 0 radical (unpaired) electrons. The fraction of sp³-hybridized carbons (Fsp3) is 0.133. The van der Waals surface area contributed by atoms with Gasteiger partial charge in [0.2, 0.25) is 5.91 Å². The Balaban J connectivity index is 1.97. The summed E-state index contributed by atoms with van der Waals surface area (Å²) >= 11 is 3.32. The van der Waals surface area contributed by atoms with Crippen molar-refractivity contribution in [2.24, 2.45) is 0 Å². The van der Waals surface area contributed by atoms with Crippen molar-refractivity contribution in [3.05, 3.63) is 62.6 Å². The molecule has 0 aromatic heterocycles. The van der Waals surface area contributed by atoms with Crippen molar-refractivity contribution in [2.45, 2.75) is 6.92 Å². The lowest BCUT2D eigenvalue weighted by Gasteiger charge is -2.10. The first-order chi connectivity index (χ1) is 10.5. The maximum absolute atomic E-state index is 11.9. The molecular weight excluding hydrogens is 350 g/mol. The molecule has 7 heteroatoms. The number of amides is 1. The molecule has 114 valence electrons.